The van der Waals surface area contributed by atoms with Gasteiger partial charge in [0.15, 0.2) is 0 Å². The molecule has 168 valence electrons. The van der Waals surface area contributed by atoms with Gasteiger partial charge in [-0.3, -0.25) is 14.4 Å². The molecule has 2 aromatic heterocycles. The van der Waals surface area contributed by atoms with Crippen molar-refractivity contribution in [2.24, 2.45) is 11.3 Å². The van der Waals surface area contributed by atoms with Crippen molar-refractivity contribution in [3.63, 3.8) is 0 Å². The van der Waals surface area contributed by atoms with Gasteiger partial charge in [-0.05, 0) is 24.5 Å². The fourth-order valence-corrected chi connectivity index (χ4v) is 4.94. The molecule has 14 heteroatoms. The molecule has 2 saturated heterocycles. The number of fused-ring (bicyclic) bond motifs is 1. The summed E-state index contributed by atoms with van der Waals surface area (Å²) >= 11 is 1.42. The second kappa shape index (κ2) is 9.34. The maximum absolute atomic E-state index is 12.8. The van der Waals surface area contributed by atoms with Crippen LogP contribution < -0.4 is 5.73 Å². The highest BCUT2D eigenvalue weighted by Gasteiger charge is 2.54. The van der Waals surface area contributed by atoms with Crippen LogP contribution in [0.25, 0.3) is 0 Å². The van der Waals surface area contributed by atoms with Crippen LogP contribution >= 0.6 is 11.3 Å². The van der Waals surface area contributed by atoms with Gasteiger partial charge in [-0.2, -0.15) is 0 Å². The molecule has 0 bridgehead atoms. The fourth-order valence-electron chi connectivity index (χ4n) is 4.41. The van der Waals surface area contributed by atoms with Gasteiger partial charge in [0.2, 0.25) is 11.9 Å². The summed E-state index contributed by atoms with van der Waals surface area (Å²) in [5, 5.41) is 19.5. The van der Waals surface area contributed by atoms with E-state index in [9.17, 15) is 9.59 Å². The summed E-state index contributed by atoms with van der Waals surface area (Å²) in [5.74, 6) is 0.237. The van der Waals surface area contributed by atoms with Gasteiger partial charge in [-0.25, -0.2) is 9.67 Å². The van der Waals surface area contributed by atoms with Crippen molar-refractivity contribution >= 4 is 35.6 Å². The van der Waals surface area contributed by atoms with E-state index in [0.717, 1.165) is 6.54 Å². The van der Waals surface area contributed by atoms with Crippen LogP contribution in [0.5, 0.6) is 0 Å². The number of anilines is 1. The van der Waals surface area contributed by atoms with Crippen LogP contribution in [-0.2, 0) is 16.1 Å². The van der Waals surface area contributed by atoms with E-state index in [1.54, 1.807) is 10.9 Å². The Kier molecular flexibility index (Phi) is 6.80. The maximum Gasteiger partial charge on any atom is 0.290 e. The van der Waals surface area contributed by atoms with Gasteiger partial charge in [0, 0.05) is 49.4 Å². The van der Waals surface area contributed by atoms with Gasteiger partial charge in [-0.15, -0.1) is 11.3 Å². The lowest BCUT2D eigenvalue weighted by Gasteiger charge is -2.32. The smallest absolute Gasteiger partial charge is 0.290 e. The molecule has 13 nitrogen and oxygen atoms in total. The van der Waals surface area contributed by atoms with Crippen LogP contribution in [0.2, 0.25) is 0 Å². The zero-order valence-corrected chi connectivity index (χ0v) is 18.1. The highest BCUT2D eigenvalue weighted by atomic mass is 32.1. The molecule has 4 rings (SSSR count). The quantitative estimate of drug-likeness (QED) is 0.515. The Morgan fingerprint density at radius 1 is 1.35 bits per heavy atom. The van der Waals surface area contributed by atoms with Gasteiger partial charge in [0.05, 0.1) is 5.51 Å². The minimum absolute atomic E-state index is 0.0189. The molecule has 2 aliphatic rings. The summed E-state index contributed by atoms with van der Waals surface area (Å²) in [6, 6.07) is 0. The van der Waals surface area contributed by atoms with E-state index in [-0.39, 0.29) is 42.1 Å². The molecule has 0 aliphatic carbocycles. The van der Waals surface area contributed by atoms with E-state index >= 15 is 0 Å². The first-order valence-electron chi connectivity index (χ1n) is 9.49. The maximum atomic E-state index is 12.8. The van der Waals surface area contributed by atoms with Crippen molar-refractivity contribution in [3.8, 4) is 0 Å². The van der Waals surface area contributed by atoms with Crippen LogP contribution in [0.4, 0.5) is 5.95 Å². The van der Waals surface area contributed by atoms with Crippen molar-refractivity contribution in [2.75, 3.05) is 52.6 Å². The minimum Gasteiger partial charge on any atom is -0.483 e. The van der Waals surface area contributed by atoms with Crippen molar-refractivity contribution < 1.29 is 19.5 Å². The van der Waals surface area contributed by atoms with Crippen LogP contribution in [0.15, 0.2) is 10.9 Å². The van der Waals surface area contributed by atoms with Crippen LogP contribution in [0.1, 0.15) is 10.5 Å². The molecule has 0 spiro atoms. The van der Waals surface area contributed by atoms with Gasteiger partial charge >= 0.3 is 0 Å². The predicted octanol–water partition coefficient (Wildman–Crippen LogP) is -1.42. The lowest BCUT2D eigenvalue weighted by Crippen LogP contribution is -2.44. The summed E-state index contributed by atoms with van der Waals surface area (Å²) in [4.78, 5) is 43.9. The number of carbonyl (C=O) groups excluding carboxylic acids is 2. The number of nitrogens with two attached hydrogens (primary N) is 1. The first-order valence-corrected chi connectivity index (χ1v) is 10.4. The molecule has 0 saturated carbocycles. The Balaban J connectivity index is 0.000000858. The Bertz CT molecular complexity index is 919. The predicted molar refractivity (Wildman–Crippen MR) is 110 cm³/mol. The third-order valence-corrected chi connectivity index (χ3v) is 6.11. The zero-order chi connectivity index (χ0) is 22.6. The number of thiazole rings is 1. The number of carboxylic acid groups (broad SMARTS) is 1. The molecule has 0 aromatic carbocycles. The van der Waals surface area contributed by atoms with Crippen molar-refractivity contribution in [2.45, 2.75) is 6.54 Å². The number of nitrogen functional groups attached to an aromatic ring is 1. The first-order chi connectivity index (χ1) is 14.8. The Morgan fingerprint density at radius 2 is 2.03 bits per heavy atom. The van der Waals surface area contributed by atoms with Gasteiger partial charge in [0.25, 0.3) is 12.4 Å². The number of hydrogen-bond donors (Lipinski definition) is 2. The number of aromatic nitrogens is 5. The number of rotatable bonds is 5. The number of carbonyl (C=O) groups is 3. The highest BCUT2D eigenvalue weighted by molar-refractivity contribution is 7.07. The topological polar surface area (TPSA) is 164 Å². The van der Waals surface area contributed by atoms with Gasteiger partial charge in [0.1, 0.15) is 12.2 Å². The largest absolute Gasteiger partial charge is 0.483 e. The summed E-state index contributed by atoms with van der Waals surface area (Å²) in [7, 11) is 4.03. The standard InChI is InChI=1S/C16H23N9O2S.CH2O2/c1-22(2)7-16-8-23(13(26)5-25-15(17)19-20-21-25)3-11(16)4-24(9-16)14(27)12-6-28-10-18-12;2-1-3/h6,10-11H,3-5,7-9H2,1-2H3,(H2,17,19,21);1H,(H,2,3)/t11-,16+;/m0./s1. The third-order valence-electron chi connectivity index (χ3n) is 5.53. The molecule has 2 fully saturated rings. The van der Waals surface area contributed by atoms with Crippen LogP contribution in [0.3, 0.4) is 0 Å². The summed E-state index contributed by atoms with van der Waals surface area (Å²) < 4.78 is 1.30. The molecule has 2 aliphatic heterocycles. The molecule has 2 atom stereocenters. The molecule has 2 aromatic rings. The normalized spacial score (nSPS) is 22.2. The number of amides is 2. The molecule has 3 N–H and O–H groups in total. The lowest BCUT2D eigenvalue weighted by atomic mass is 9.80. The van der Waals surface area contributed by atoms with E-state index in [1.807, 2.05) is 23.9 Å². The SMILES string of the molecule is CN(C)C[C@]12CN(C(=O)Cn3nnnc3N)C[C@H]1CN(C(=O)c1cscn1)C2.O=CO. The van der Waals surface area contributed by atoms with E-state index in [1.165, 1.54) is 16.0 Å². The molecular weight excluding hydrogens is 426 g/mol. The average molecular weight is 452 g/mol. The number of hydrogen-bond acceptors (Lipinski definition) is 10. The minimum atomic E-state index is -0.250. The van der Waals surface area contributed by atoms with E-state index in [4.69, 9.17) is 15.6 Å². The Labute approximate surface area is 182 Å². The van der Waals surface area contributed by atoms with E-state index in [0.29, 0.717) is 31.9 Å². The van der Waals surface area contributed by atoms with Crippen LogP contribution in [0, 0.1) is 11.3 Å². The summed E-state index contributed by atoms with van der Waals surface area (Å²) in [6.45, 7) is 3.01. The Morgan fingerprint density at radius 3 is 2.61 bits per heavy atom. The van der Waals surface area contributed by atoms with Crippen molar-refractivity contribution in [3.05, 3.63) is 16.6 Å². The first kappa shape index (κ1) is 22.6. The zero-order valence-electron chi connectivity index (χ0n) is 17.3. The second-order valence-electron chi connectivity index (χ2n) is 7.93. The number of tetrazole rings is 1. The second-order valence-corrected chi connectivity index (χ2v) is 8.65. The van der Waals surface area contributed by atoms with Crippen molar-refractivity contribution in [1.82, 2.24) is 39.9 Å². The molecule has 2 amide bonds. The summed E-state index contributed by atoms with van der Waals surface area (Å²) in [5.41, 5.74) is 7.68. The lowest BCUT2D eigenvalue weighted by molar-refractivity contribution is -0.131. The van der Waals surface area contributed by atoms with Gasteiger partial charge in [-0.1, -0.05) is 5.10 Å². The average Bonchev–Trinajstić information content (AvgIpc) is 3.46. The highest BCUT2D eigenvalue weighted by Crippen LogP contribution is 2.43. The number of nitrogens with zero attached hydrogens (tertiary/aromatic N) is 8. The van der Waals surface area contributed by atoms with E-state index in [2.05, 4.69) is 25.4 Å². The number of likely N-dealkylation sites (tertiary alicyclic amines) is 2. The van der Waals surface area contributed by atoms with Crippen molar-refractivity contribution in [1.29, 1.82) is 0 Å². The van der Waals surface area contributed by atoms with Crippen LogP contribution in [-0.4, -0.2) is 110 Å². The molecular formula is C17H25N9O4S. The van der Waals surface area contributed by atoms with Gasteiger partial charge < -0.3 is 25.5 Å². The Hall–Kier alpha value is -3.13. The van der Waals surface area contributed by atoms with E-state index < -0.39 is 0 Å². The molecule has 0 radical (unpaired) electrons. The fraction of sp³-hybridized carbons (Fsp3) is 0.588. The molecule has 4 heterocycles. The molecule has 31 heavy (non-hydrogen) atoms. The molecule has 0 unspecified atom stereocenters. The monoisotopic (exact) mass is 451 g/mol. The third kappa shape index (κ3) is 4.80. The summed E-state index contributed by atoms with van der Waals surface area (Å²) in [6.07, 6.45) is 0.